The number of carbonyl (C=O) groups excluding carboxylic acids is 1. The van der Waals surface area contributed by atoms with Gasteiger partial charge in [0, 0.05) is 6.07 Å². The number of carboxylic acid groups (broad SMARTS) is 1. The molecule has 0 radical (unpaired) electrons. The maximum Gasteiger partial charge on any atom is 0.305 e. The Hall–Kier alpha value is -3.42. The number of carboxylic acids is 1. The van der Waals surface area contributed by atoms with Crippen molar-refractivity contribution < 1.29 is 23.5 Å². The maximum atomic E-state index is 13.1. The molecule has 1 aromatic carbocycles. The lowest BCUT2D eigenvalue weighted by Gasteiger charge is -2.16. The van der Waals surface area contributed by atoms with Gasteiger partial charge in [-0.15, -0.1) is 0 Å². The third kappa shape index (κ3) is 3.97. The van der Waals surface area contributed by atoms with Gasteiger partial charge in [0.05, 0.1) is 12.5 Å². The second kappa shape index (κ2) is 7.22. The average Bonchev–Trinajstić information content (AvgIpc) is 3.23. The lowest BCUT2D eigenvalue weighted by atomic mass is 10.0. The highest BCUT2D eigenvalue weighted by molar-refractivity contribution is 5.93. The molecule has 3 aromatic rings. The number of hydrogen-bond donors (Lipinski definition) is 3. The molecule has 7 nitrogen and oxygen atoms in total. The van der Waals surface area contributed by atoms with Gasteiger partial charge in [0.15, 0.2) is 11.5 Å². The zero-order valence-electron chi connectivity index (χ0n) is 13.8. The molecule has 8 heteroatoms. The summed E-state index contributed by atoms with van der Waals surface area (Å²) in [4.78, 5) is 23.5. The van der Waals surface area contributed by atoms with Gasteiger partial charge in [0.2, 0.25) is 0 Å². The number of halogens is 1. The zero-order chi connectivity index (χ0) is 18.7. The fourth-order valence-electron chi connectivity index (χ4n) is 2.50. The second-order valence-electron chi connectivity index (χ2n) is 5.75. The summed E-state index contributed by atoms with van der Waals surface area (Å²) in [7, 11) is 0. The Kier molecular flexibility index (Phi) is 4.83. The van der Waals surface area contributed by atoms with E-state index in [2.05, 4.69) is 15.5 Å². The topological polar surface area (TPSA) is 108 Å². The standard InChI is InChI=1S/C18H16FN3O4/c1-10-2-7-16(26-10)14-8-15(22-21-14)18(25)20-13(9-17(23)24)11-3-5-12(19)6-4-11/h2-8,13H,9H2,1H3,(H,20,25)(H,21,22)(H,23,24). The Morgan fingerprint density at radius 1 is 1.27 bits per heavy atom. The van der Waals surface area contributed by atoms with Crippen LogP contribution in [0.15, 0.2) is 46.9 Å². The van der Waals surface area contributed by atoms with E-state index in [0.717, 1.165) is 5.76 Å². The van der Waals surface area contributed by atoms with E-state index in [1.807, 2.05) is 0 Å². The number of rotatable bonds is 6. The lowest BCUT2D eigenvalue weighted by Crippen LogP contribution is -2.30. The van der Waals surface area contributed by atoms with Crippen LogP contribution in [-0.2, 0) is 4.79 Å². The van der Waals surface area contributed by atoms with Crippen molar-refractivity contribution >= 4 is 11.9 Å². The predicted molar refractivity (Wildman–Crippen MR) is 89.9 cm³/mol. The van der Waals surface area contributed by atoms with Gasteiger partial charge in [0.1, 0.15) is 17.3 Å². The third-order valence-electron chi connectivity index (χ3n) is 3.77. The number of H-pyrrole nitrogens is 1. The van der Waals surface area contributed by atoms with E-state index in [1.165, 1.54) is 30.3 Å². The number of aliphatic carboxylic acids is 1. The van der Waals surface area contributed by atoms with Crippen molar-refractivity contribution in [2.75, 3.05) is 0 Å². The highest BCUT2D eigenvalue weighted by atomic mass is 19.1. The number of benzene rings is 1. The molecule has 0 saturated carbocycles. The summed E-state index contributed by atoms with van der Waals surface area (Å²) in [6.07, 6.45) is -0.341. The Morgan fingerprint density at radius 3 is 2.62 bits per heavy atom. The monoisotopic (exact) mass is 357 g/mol. The average molecular weight is 357 g/mol. The molecule has 0 bridgehead atoms. The van der Waals surface area contributed by atoms with Crippen molar-refractivity contribution in [3.8, 4) is 11.5 Å². The number of aromatic nitrogens is 2. The van der Waals surface area contributed by atoms with Crippen molar-refractivity contribution in [2.45, 2.75) is 19.4 Å². The molecule has 134 valence electrons. The first-order valence-electron chi connectivity index (χ1n) is 7.82. The fraction of sp³-hybridized carbons (Fsp3) is 0.167. The highest BCUT2D eigenvalue weighted by Crippen LogP contribution is 2.22. The van der Waals surface area contributed by atoms with E-state index in [-0.39, 0.29) is 12.1 Å². The maximum absolute atomic E-state index is 13.1. The number of carbonyl (C=O) groups is 2. The summed E-state index contributed by atoms with van der Waals surface area (Å²) in [5.74, 6) is -0.826. The predicted octanol–water partition coefficient (Wildman–Crippen LogP) is 3.06. The summed E-state index contributed by atoms with van der Waals surface area (Å²) >= 11 is 0. The van der Waals surface area contributed by atoms with Crippen LogP contribution in [0.4, 0.5) is 4.39 Å². The number of furan rings is 1. The van der Waals surface area contributed by atoms with Crippen molar-refractivity contribution in [1.82, 2.24) is 15.5 Å². The molecule has 0 spiro atoms. The van der Waals surface area contributed by atoms with Crippen molar-refractivity contribution in [2.24, 2.45) is 0 Å². The van der Waals surface area contributed by atoms with Crippen LogP contribution < -0.4 is 5.32 Å². The Bertz CT molecular complexity index is 930. The van der Waals surface area contributed by atoms with Crippen molar-refractivity contribution in [3.63, 3.8) is 0 Å². The number of amides is 1. The summed E-state index contributed by atoms with van der Waals surface area (Å²) in [6, 6.07) is 9.52. The molecule has 3 N–H and O–H groups in total. The molecule has 1 unspecified atom stereocenters. The molecule has 0 saturated heterocycles. The fourth-order valence-corrected chi connectivity index (χ4v) is 2.50. The Labute approximate surface area is 147 Å². The van der Waals surface area contributed by atoms with Crippen LogP contribution in [0.5, 0.6) is 0 Å². The lowest BCUT2D eigenvalue weighted by molar-refractivity contribution is -0.137. The van der Waals surface area contributed by atoms with Gasteiger partial charge in [-0.3, -0.25) is 14.7 Å². The molecular formula is C18H16FN3O4. The van der Waals surface area contributed by atoms with Gasteiger partial charge in [-0.05, 0) is 36.8 Å². The van der Waals surface area contributed by atoms with Crippen molar-refractivity contribution in [1.29, 1.82) is 0 Å². The number of nitrogens with zero attached hydrogens (tertiary/aromatic N) is 1. The smallest absolute Gasteiger partial charge is 0.305 e. The van der Waals surface area contributed by atoms with Gasteiger partial charge in [-0.2, -0.15) is 5.10 Å². The SMILES string of the molecule is Cc1ccc(-c2cc(C(=O)NC(CC(=O)O)c3ccc(F)cc3)n[nH]2)o1. The molecule has 0 aliphatic heterocycles. The van der Waals surface area contributed by atoms with Crippen LogP contribution in [0.2, 0.25) is 0 Å². The summed E-state index contributed by atoms with van der Waals surface area (Å²) in [5.41, 5.74) is 1.10. The van der Waals surface area contributed by atoms with Crippen LogP contribution in [0.3, 0.4) is 0 Å². The van der Waals surface area contributed by atoms with Crippen LogP contribution >= 0.6 is 0 Å². The quantitative estimate of drug-likeness (QED) is 0.628. The molecule has 1 amide bonds. The van der Waals surface area contributed by atoms with Gasteiger partial charge in [0.25, 0.3) is 5.91 Å². The number of aryl methyl sites for hydroxylation is 1. The van der Waals surface area contributed by atoms with E-state index in [1.54, 1.807) is 19.1 Å². The minimum Gasteiger partial charge on any atom is -0.481 e. The zero-order valence-corrected chi connectivity index (χ0v) is 13.8. The first kappa shape index (κ1) is 17.4. The Balaban J connectivity index is 1.78. The number of hydrogen-bond acceptors (Lipinski definition) is 4. The van der Waals surface area contributed by atoms with E-state index in [9.17, 15) is 14.0 Å². The first-order valence-corrected chi connectivity index (χ1v) is 7.82. The molecule has 0 aliphatic rings. The summed E-state index contributed by atoms with van der Waals surface area (Å²) in [6.45, 7) is 1.80. The van der Waals surface area contributed by atoms with E-state index >= 15 is 0 Å². The van der Waals surface area contributed by atoms with Gasteiger partial charge >= 0.3 is 5.97 Å². The van der Waals surface area contributed by atoms with Crippen LogP contribution in [0.1, 0.15) is 34.3 Å². The molecule has 0 aliphatic carbocycles. The highest BCUT2D eigenvalue weighted by Gasteiger charge is 2.21. The van der Waals surface area contributed by atoms with Crippen LogP contribution in [-0.4, -0.2) is 27.2 Å². The molecular weight excluding hydrogens is 341 g/mol. The summed E-state index contributed by atoms with van der Waals surface area (Å²) < 4.78 is 18.5. The molecule has 26 heavy (non-hydrogen) atoms. The molecule has 1 atom stereocenters. The molecule has 3 rings (SSSR count). The van der Waals surface area contributed by atoms with Gasteiger partial charge in [-0.25, -0.2) is 4.39 Å². The molecule has 2 aromatic heterocycles. The first-order chi connectivity index (χ1) is 12.4. The minimum atomic E-state index is -1.09. The van der Waals surface area contributed by atoms with Gasteiger partial charge in [-0.1, -0.05) is 12.1 Å². The largest absolute Gasteiger partial charge is 0.481 e. The second-order valence-corrected chi connectivity index (χ2v) is 5.75. The Morgan fingerprint density at radius 2 is 2.00 bits per heavy atom. The van der Waals surface area contributed by atoms with E-state index in [0.29, 0.717) is 17.0 Å². The van der Waals surface area contributed by atoms with Crippen LogP contribution in [0, 0.1) is 12.7 Å². The van der Waals surface area contributed by atoms with Crippen molar-refractivity contribution in [3.05, 3.63) is 65.3 Å². The third-order valence-corrected chi connectivity index (χ3v) is 3.77. The van der Waals surface area contributed by atoms with E-state index < -0.39 is 23.7 Å². The molecule has 2 heterocycles. The van der Waals surface area contributed by atoms with E-state index in [4.69, 9.17) is 9.52 Å². The number of aromatic amines is 1. The van der Waals surface area contributed by atoms with Gasteiger partial charge < -0.3 is 14.8 Å². The van der Waals surface area contributed by atoms with Crippen LogP contribution in [0.25, 0.3) is 11.5 Å². The minimum absolute atomic E-state index is 0.0894. The normalized spacial score (nSPS) is 11.9. The summed E-state index contributed by atoms with van der Waals surface area (Å²) in [5, 5.41) is 18.3. The molecule has 0 fully saturated rings. The number of nitrogens with one attached hydrogen (secondary N) is 2.